The quantitative estimate of drug-likeness (QED) is 0.313. The van der Waals surface area contributed by atoms with Crippen LogP contribution in [0.1, 0.15) is 46.3 Å². The van der Waals surface area contributed by atoms with E-state index in [1.807, 2.05) is 37.3 Å². The molecule has 0 aliphatic rings. The Bertz CT molecular complexity index is 1070. The molecular weight excluding hydrogens is 437 g/mol. The molecule has 0 fully saturated rings. The van der Waals surface area contributed by atoms with Gasteiger partial charge in [0.15, 0.2) is 5.78 Å². The van der Waals surface area contributed by atoms with E-state index in [9.17, 15) is 19.6 Å². The number of aryl methyl sites for hydroxylation is 1. The number of halogens is 1. The number of hydrogen-bond acceptors (Lipinski definition) is 4. The summed E-state index contributed by atoms with van der Waals surface area (Å²) < 4.78 is 0. The summed E-state index contributed by atoms with van der Waals surface area (Å²) >= 11 is 6.00. The number of rotatable bonds is 10. The number of hydrogen-bond donors (Lipinski definition) is 3. The molecule has 0 aliphatic heterocycles. The summed E-state index contributed by atoms with van der Waals surface area (Å²) in [5.74, 6) is -2.36. The van der Waals surface area contributed by atoms with Crippen molar-refractivity contribution in [2.45, 2.75) is 38.0 Å². The smallest absolute Gasteiger partial charge is 0.426 e. The van der Waals surface area contributed by atoms with Crippen LogP contribution in [0.25, 0.3) is 0 Å². The predicted octanol–water partition coefficient (Wildman–Crippen LogP) is 4.00. The number of benzene rings is 3. The number of carbonyl (C=O) groups excluding carboxylic acids is 2. The van der Waals surface area contributed by atoms with Gasteiger partial charge in [-0.3, -0.25) is 9.59 Å². The second-order valence-electron chi connectivity index (χ2n) is 8.00. The van der Waals surface area contributed by atoms with Gasteiger partial charge in [0.2, 0.25) is 5.91 Å². The van der Waals surface area contributed by atoms with Gasteiger partial charge in [0.05, 0.1) is 11.9 Å². The van der Waals surface area contributed by atoms with E-state index in [-0.39, 0.29) is 18.6 Å². The van der Waals surface area contributed by atoms with E-state index in [2.05, 4.69) is 5.32 Å². The first-order chi connectivity index (χ1) is 15.9. The van der Waals surface area contributed by atoms with Gasteiger partial charge >= 0.3 is 7.12 Å². The van der Waals surface area contributed by atoms with E-state index in [0.717, 1.165) is 17.5 Å². The zero-order valence-corrected chi connectivity index (χ0v) is 19.2. The van der Waals surface area contributed by atoms with Crippen LogP contribution < -0.4 is 5.32 Å². The highest BCUT2D eigenvalue weighted by molar-refractivity contribution is 6.43. The average molecular weight is 464 g/mol. The number of Topliss-reactive ketones (excluding diaryl/α,β-unsaturated/α-hetero) is 1. The molecule has 5 nitrogen and oxygen atoms in total. The van der Waals surface area contributed by atoms with Crippen LogP contribution in [0.4, 0.5) is 0 Å². The van der Waals surface area contributed by atoms with E-state index in [4.69, 9.17) is 11.6 Å². The van der Waals surface area contributed by atoms with Crippen molar-refractivity contribution in [3.05, 3.63) is 106 Å². The zero-order valence-electron chi connectivity index (χ0n) is 18.4. The fourth-order valence-electron chi connectivity index (χ4n) is 3.73. The molecule has 0 heterocycles. The average Bonchev–Trinajstić information content (AvgIpc) is 2.83. The van der Waals surface area contributed by atoms with Crippen molar-refractivity contribution in [1.82, 2.24) is 5.32 Å². The lowest BCUT2D eigenvalue weighted by atomic mass is 9.75. The Morgan fingerprint density at radius 1 is 0.939 bits per heavy atom. The molecule has 2 atom stereocenters. The zero-order chi connectivity index (χ0) is 23.8. The van der Waals surface area contributed by atoms with Gasteiger partial charge in [-0.05, 0) is 41.7 Å². The number of amides is 1. The van der Waals surface area contributed by atoms with Crippen molar-refractivity contribution in [2.75, 3.05) is 0 Å². The minimum absolute atomic E-state index is 0.0585. The second kappa shape index (κ2) is 11.8. The van der Waals surface area contributed by atoms with Crippen molar-refractivity contribution in [2.24, 2.45) is 0 Å². The van der Waals surface area contributed by atoms with E-state index in [1.165, 1.54) is 0 Å². The molecule has 0 saturated carbocycles. The normalized spacial score (nSPS) is 12.6. The summed E-state index contributed by atoms with van der Waals surface area (Å²) in [5.41, 5.74) is 3.15. The first-order valence-corrected chi connectivity index (χ1v) is 11.3. The fraction of sp³-hybridized carbons (Fsp3) is 0.231. The summed E-state index contributed by atoms with van der Waals surface area (Å²) in [7, 11) is -1.75. The van der Waals surface area contributed by atoms with Crippen LogP contribution >= 0.6 is 11.6 Å². The van der Waals surface area contributed by atoms with E-state index < -0.39 is 24.9 Å². The van der Waals surface area contributed by atoms with Gasteiger partial charge in [-0.25, -0.2) is 0 Å². The van der Waals surface area contributed by atoms with Gasteiger partial charge in [0.25, 0.3) is 0 Å². The van der Waals surface area contributed by atoms with Gasteiger partial charge in [-0.2, -0.15) is 0 Å². The fourth-order valence-corrected chi connectivity index (χ4v) is 3.86. The van der Waals surface area contributed by atoms with Gasteiger partial charge < -0.3 is 15.4 Å². The van der Waals surface area contributed by atoms with Crippen molar-refractivity contribution in [3.8, 4) is 0 Å². The minimum atomic E-state index is -1.75. The van der Waals surface area contributed by atoms with Crippen LogP contribution in [0.2, 0.25) is 5.02 Å². The molecule has 0 aromatic heterocycles. The summed E-state index contributed by atoms with van der Waals surface area (Å²) in [6.45, 7) is 2.04. The molecule has 170 valence electrons. The van der Waals surface area contributed by atoms with E-state index in [1.54, 1.807) is 48.5 Å². The standard InChI is InChI=1S/C26H27BClNO4/c1-2-18-7-6-8-19(15-18)16-25(27(32)33)29-26(31)23(20-11-13-22(28)14-12-20)17-24(30)21-9-4-3-5-10-21/h3-15,23,25,32-33H,2,16-17H2,1H3,(H,29,31)/t23?,25-/m0/s1. The molecule has 3 aromatic carbocycles. The van der Waals surface area contributed by atoms with E-state index >= 15 is 0 Å². The first kappa shape index (κ1) is 24.7. The molecule has 0 aliphatic carbocycles. The van der Waals surface area contributed by atoms with Crippen LogP contribution in [-0.4, -0.2) is 34.8 Å². The largest absolute Gasteiger partial charge is 0.475 e. The Morgan fingerprint density at radius 2 is 1.61 bits per heavy atom. The predicted molar refractivity (Wildman–Crippen MR) is 131 cm³/mol. The Labute approximate surface area is 199 Å². The maximum atomic E-state index is 13.3. The number of carbonyl (C=O) groups is 2. The van der Waals surface area contributed by atoms with Gasteiger partial charge in [-0.1, -0.05) is 85.3 Å². The van der Waals surface area contributed by atoms with E-state index in [0.29, 0.717) is 16.1 Å². The van der Waals surface area contributed by atoms with Gasteiger partial charge in [-0.15, -0.1) is 0 Å². The van der Waals surface area contributed by atoms with Crippen LogP contribution in [0, 0.1) is 0 Å². The molecule has 3 aromatic rings. The van der Waals surface area contributed by atoms with Crippen LogP contribution in [0.5, 0.6) is 0 Å². The van der Waals surface area contributed by atoms with Crippen molar-refractivity contribution in [1.29, 1.82) is 0 Å². The second-order valence-corrected chi connectivity index (χ2v) is 8.44. The third-order valence-corrected chi connectivity index (χ3v) is 5.87. The molecule has 1 amide bonds. The molecule has 0 saturated heterocycles. The Hall–Kier alpha value is -2.93. The molecule has 1 unspecified atom stereocenters. The third-order valence-electron chi connectivity index (χ3n) is 5.62. The maximum Gasteiger partial charge on any atom is 0.475 e. The summed E-state index contributed by atoms with van der Waals surface area (Å²) in [6.07, 6.45) is 1.04. The Morgan fingerprint density at radius 3 is 2.24 bits per heavy atom. The number of ketones is 1. The number of nitrogens with one attached hydrogen (secondary N) is 1. The first-order valence-electron chi connectivity index (χ1n) is 11.0. The minimum Gasteiger partial charge on any atom is -0.426 e. The Kier molecular flexibility index (Phi) is 8.83. The molecule has 7 heteroatoms. The molecule has 3 rings (SSSR count). The highest BCUT2D eigenvalue weighted by atomic mass is 35.5. The van der Waals surface area contributed by atoms with Crippen molar-refractivity contribution >= 4 is 30.4 Å². The van der Waals surface area contributed by atoms with Crippen molar-refractivity contribution in [3.63, 3.8) is 0 Å². The summed E-state index contributed by atoms with van der Waals surface area (Å²) in [5, 5.41) is 23.2. The topological polar surface area (TPSA) is 86.6 Å². The Balaban J connectivity index is 1.82. The molecule has 3 N–H and O–H groups in total. The summed E-state index contributed by atoms with van der Waals surface area (Å²) in [6, 6.07) is 23.3. The molecule has 0 radical (unpaired) electrons. The maximum absolute atomic E-state index is 13.3. The lowest BCUT2D eigenvalue weighted by molar-refractivity contribution is -0.123. The summed E-state index contributed by atoms with van der Waals surface area (Å²) in [4.78, 5) is 26.2. The van der Waals surface area contributed by atoms with Crippen LogP contribution in [0.3, 0.4) is 0 Å². The molecule has 0 bridgehead atoms. The molecule has 33 heavy (non-hydrogen) atoms. The van der Waals surface area contributed by atoms with Crippen LogP contribution in [-0.2, 0) is 17.6 Å². The highest BCUT2D eigenvalue weighted by Crippen LogP contribution is 2.25. The van der Waals surface area contributed by atoms with Crippen molar-refractivity contribution < 1.29 is 19.6 Å². The highest BCUT2D eigenvalue weighted by Gasteiger charge is 2.31. The van der Waals surface area contributed by atoms with Gasteiger partial charge in [0.1, 0.15) is 0 Å². The molecule has 0 spiro atoms. The lowest BCUT2D eigenvalue weighted by Crippen LogP contribution is -2.49. The third kappa shape index (κ3) is 7.03. The molecular formula is C26H27BClNO4. The monoisotopic (exact) mass is 463 g/mol. The SMILES string of the molecule is CCc1cccc(C[C@H](NC(=O)C(CC(=O)c2ccccc2)c2ccc(Cl)cc2)B(O)O)c1. The van der Waals surface area contributed by atoms with Crippen LogP contribution in [0.15, 0.2) is 78.9 Å². The lowest BCUT2D eigenvalue weighted by Gasteiger charge is -2.23. The van der Waals surface area contributed by atoms with Gasteiger partial charge in [0, 0.05) is 17.0 Å².